The Bertz CT molecular complexity index is 2050. The van der Waals surface area contributed by atoms with Crippen molar-refractivity contribution >= 4 is 35.0 Å². The zero-order chi connectivity index (χ0) is 34.7. The topological polar surface area (TPSA) is 158 Å². The molecule has 248 valence electrons. The summed E-state index contributed by atoms with van der Waals surface area (Å²) >= 11 is 6.18. The number of nitro benzene ring substituents is 1. The van der Waals surface area contributed by atoms with Gasteiger partial charge in [0.2, 0.25) is 0 Å². The lowest BCUT2D eigenvalue weighted by Gasteiger charge is -2.24. The van der Waals surface area contributed by atoms with Gasteiger partial charge in [0.15, 0.2) is 0 Å². The lowest BCUT2D eigenvalue weighted by atomic mass is 10.0. The van der Waals surface area contributed by atoms with Gasteiger partial charge in [-0.25, -0.2) is 14.1 Å². The van der Waals surface area contributed by atoms with E-state index in [4.69, 9.17) is 26.2 Å². The fraction of sp³-hybridized carbons (Fsp3) is 0.257. The number of H-pyrrole nitrogens is 1. The molecule has 0 aliphatic rings. The molecule has 1 atom stereocenters. The smallest absolute Gasteiger partial charge is 0.408 e. The van der Waals surface area contributed by atoms with Crippen LogP contribution in [0.2, 0.25) is 5.02 Å². The molecule has 48 heavy (non-hydrogen) atoms. The van der Waals surface area contributed by atoms with Crippen molar-refractivity contribution in [3.8, 4) is 28.1 Å². The van der Waals surface area contributed by atoms with Crippen LogP contribution in [0.15, 0.2) is 83.7 Å². The number of benzene rings is 3. The predicted molar refractivity (Wildman–Crippen MR) is 181 cm³/mol. The Morgan fingerprint density at radius 1 is 1.04 bits per heavy atom. The van der Waals surface area contributed by atoms with Crippen LogP contribution in [-0.4, -0.2) is 43.2 Å². The summed E-state index contributed by atoms with van der Waals surface area (Å²) in [6.07, 6.45) is -0.415. The van der Waals surface area contributed by atoms with Crippen LogP contribution in [0.5, 0.6) is 5.75 Å². The van der Waals surface area contributed by atoms with Gasteiger partial charge in [0, 0.05) is 34.7 Å². The molecule has 1 amide bonds. The first kappa shape index (κ1) is 33.9. The van der Waals surface area contributed by atoms with Crippen LogP contribution in [-0.2, 0) is 16.0 Å². The lowest BCUT2D eigenvalue weighted by molar-refractivity contribution is -0.384. The second-order valence-electron chi connectivity index (χ2n) is 12.5. The van der Waals surface area contributed by atoms with Gasteiger partial charge in [-0.1, -0.05) is 67.9 Å². The maximum Gasteiger partial charge on any atom is 0.408 e. The molecule has 0 fully saturated rings. The summed E-state index contributed by atoms with van der Waals surface area (Å²) < 4.78 is 12.6. The van der Waals surface area contributed by atoms with Crippen molar-refractivity contribution < 1.29 is 24.0 Å². The number of rotatable bonds is 9. The van der Waals surface area contributed by atoms with E-state index >= 15 is 0 Å². The van der Waals surface area contributed by atoms with Crippen LogP contribution in [0.1, 0.15) is 45.9 Å². The van der Waals surface area contributed by atoms with Gasteiger partial charge < -0.3 is 19.8 Å². The molecule has 0 radical (unpaired) electrons. The van der Waals surface area contributed by atoms with Gasteiger partial charge in [-0.15, -0.1) is 0 Å². The molecule has 0 bridgehead atoms. The number of carbonyl (C=O) groups excluding carboxylic acids is 2. The van der Waals surface area contributed by atoms with Crippen molar-refractivity contribution in [2.24, 2.45) is 5.92 Å². The van der Waals surface area contributed by atoms with Gasteiger partial charge in [0.25, 0.3) is 11.2 Å². The predicted octanol–water partition coefficient (Wildman–Crippen LogP) is 6.96. The van der Waals surface area contributed by atoms with E-state index in [2.05, 4.69) is 10.3 Å². The number of fused-ring (bicyclic) bond motifs is 1. The summed E-state index contributed by atoms with van der Waals surface area (Å²) in [5, 5.41) is 19.8. The Hall–Kier alpha value is -5.49. The van der Waals surface area contributed by atoms with Crippen LogP contribution < -0.4 is 15.6 Å². The third kappa shape index (κ3) is 7.72. The number of nitro groups is 1. The minimum absolute atomic E-state index is 0.182. The lowest BCUT2D eigenvalue weighted by Crippen LogP contribution is -2.48. The molecule has 12 nitrogen and oxygen atoms in total. The number of nitrogens with zero attached hydrogens (tertiary/aromatic N) is 3. The maximum absolute atomic E-state index is 13.6. The number of esters is 1. The van der Waals surface area contributed by atoms with E-state index in [9.17, 15) is 24.5 Å². The standard InChI is InChI=1S/C35H34ClN5O7/c1-20(2)31(38-34(44)48-35(3,4)5)33(43)47-28-18-24(41(45)46)15-16-25(28)27-19-29(42)37-32-30(22-11-13-23(36)14-12-22)26(39-40(27)32)17-21-9-7-6-8-10-21/h6-16,18-20,31H,17H2,1-5H3,(H,37,42)(H,38,44)/t31-/m0/s1. The maximum atomic E-state index is 13.6. The average molecular weight is 672 g/mol. The average Bonchev–Trinajstić information content (AvgIpc) is 3.36. The molecule has 0 aliphatic heterocycles. The number of ether oxygens (including phenoxy) is 2. The quantitative estimate of drug-likeness (QED) is 0.0736. The summed E-state index contributed by atoms with van der Waals surface area (Å²) in [6.45, 7) is 8.46. The first-order valence-electron chi connectivity index (χ1n) is 15.1. The molecule has 5 rings (SSSR count). The number of aromatic amines is 1. The van der Waals surface area contributed by atoms with Gasteiger partial charge in [-0.05, 0) is 56.0 Å². The number of hydrogen-bond acceptors (Lipinski definition) is 8. The van der Waals surface area contributed by atoms with Crippen molar-refractivity contribution in [1.29, 1.82) is 0 Å². The Kier molecular flexibility index (Phi) is 9.67. The zero-order valence-electron chi connectivity index (χ0n) is 26.9. The zero-order valence-corrected chi connectivity index (χ0v) is 27.7. The molecular weight excluding hydrogens is 638 g/mol. The van der Waals surface area contributed by atoms with Crippen LogP contribution in [0.3, 0.4) is 0 Å². The number of carbonyl (C=O) groups is 2. The van der Waals surface area contributed by atoms with Crippen molar-refractivity contribution in [1.82, 2.24) is 19.9 Å². The van der Waals surface area contributed by atoms with Gasteiger partial charge in [0.1, 0.15) is 23.0 Å². The molecule has 3 aromatic carbocycles. The van der Waals surface area contributed by atoms with E-state index in [1.165, 1.54) is 22.7 Å². The van der Waals surface area contributed by atoms with Crippen molar-refractivity contribution in [3.05, 3.63) is 116 Å². The highest BCUT2D eigenvalue weighted by Gasteiger charge is 2.30. The van der Waals surface area contributed by atoms with Crippen LogP contribution >= 0.6 is 11.6 Å². The number of hydrogen-bond donors (Lipinski definition) is 2. The summed E-state index contributed by atoms with van der Waals surface area (Å²) in [4.78, 5) is 53.4. The van der Waals surface area contributed by atoms with E-state index in [1.54, 1.807) is 46.8 Å². The molecule has 0 spiro atoms. The third-order valence-electron chi connectivity index (χ3n) is 7.30. The number of amides is 1. The molecule has 0 aliphatic carbocycles. The first-order valence-corrected chi connectivity index (χ1v) is 15.5. The molecule has 5 aromatic rings. The van der Waals surface area contributed by atoms with E-state index in [0.717, 1.165) is 17.2 Å². The molecule has 2 heterocycles. The third-order valence-corrected chi connectivity index (χ3v) is 7.55. The van der Waals surface area contributed by atoms with E-state index in [1.807, 2.05) is 42.5 Å². The molecule has 2 aromatic heterocycles. The highest BCUT2D eigenvalue weighted by atomic mass is 35.5. The van der Waals surface area contributed by atoms with Crippen molar-refractivity contribution in [3.63, 3.8) is 0 Å². The first-order chi connectivity index (χ1) is 22.7. The number of nitrogens with one attached hydrogen (secondary N) is 2. The highest BCUT2D eigenvalue weighted by molar-refractivity contribution is 6.30. The Morgan fingerprint density at radius 3 is 2.35 bits per heavy atom. The van der Waals surface area contributed by atoms with Gasteiger partial charge in [-0.3, -0.25) is 14.9 Å². The SMILES string of the molecule is CC(C)[C@H](NC(=O)OC(C)(C)C)C(=O)Oc1cc([N+](=O)[O-])ccc1-c1cc(=O)[nH]c2c(-c3ccc(Cl)cc3)c(Cc3ccccc3)nn12. The molecule has 0 saturated carbocycles. The van der Waals surface area contributed by atoms with Gasteiger partial charge in [-0.2, -0.15) is 5.10 Å². The Morgan fingerprint density at radius 2 is 1.73 bits per heavy atom. The van der Waals surface area contributed by atoms with Gasteiger partial charge in [0.05, 0.1) is 22.4 Å². The van der Waals surface area contributed by atoms with E-state index in [0.29, 0.717) is 28.3 Å². The number of aromatic nitrogens is 3. The summed E-state index contributed by atoms with van der Waals surface area (Å²) in [5.74, 6) is -1.52. The highest BCUT2D eigenvalue weighted by Crippen LogP contribution is 2.36. The summed E-state index contributed by atoms with van der Waals surface area (Å²) in [7, 11) is 0. The Balaban J connectivity index is 1.66. The van der Waals surface area contributed by atoms with Crippen molar-refractivity contribution in [2.45, 2.75) is 52.7 Å². The monoisotopic (exact) mass is 671 g/mol. The minimum atomic E-state index is -1.16. The second-order valence-corrected chi connectivity index (χ2v) is 12.9. The number of alkyl carbamates (subject to hydrolysis) is 1. The second kappa shape index (κ2) is 13.7. The summed E-state index contributed by atoms with van der Waals surface area (Å²) in [5.41, 5.74) is 2.10. The number of halogens is 1. The van der Waals surface area contributed by atoms with Crippen LogP contribution in [0, 0.1) is 16.0 Å². The van der Waals surface area contributed by atoms with Crippen LogP contribution in [0.25, 0.3) is 28.0 Å². The largest absolute Gasteiger partial charge is 0.444 e. The number of non-ortho nitro benzene ring substituents is 1. The van der Waals surface area contributed by atoms with E-state index in [-0.39, 0.29) is 22.7 Å². The fourth-order valence-electron chi connectivity index (χ4n) is 5.14. The fourth-order valence-corrected chi connectivity index (χ4v) is 5.27. The van der Waals surface area contributed by atoms with Crippen LogP contribution in [0.4, 0.5) is 10.5 Å². The molecule has 2 N–H and O–H groups in total. The van der Waals surface area contributed by atoms with Gasteiger partial charge >= 0.3 is 12.1 Å². The molecule has 0 unspecified atom stereocenters. The summed E-state index contributed by atoms with van der Waals surface area (Å²) in [6, 6.07) is 20.6. The molecule has 0 saturated heterocycles. The minimum Gasteiger partial charge on any atom is -0.444 e. The van der Waals surface area contributed by atoms with E-state index < -0.39 is 40.1 Å². The Labute approximate surface area is 280 Å². The normalized spacial score (nSPS) is 12.1. The van der Waals surface area contributed by atoms with Crippen molar-refractivity contribution in [2.75, 3.05) is 0 Å². The molecule has 13 heteroatoms. The molecular formula is C35H34ClN5O7.